The SMILES string of the molecule is CN(C)C(=O)c1ccc(N2CCC([C@H]3C[C@H]3CN(C)C(=O)[C@](O)(c3cccc(OC(F)(F)F)c3)C(F)(F)F)CC2)nc1Cl. The third-order valence-corrected chi connectivity index (χ3v) is 8.27. The minimum Gasteiger partial charge on any atom is -0.406 e. The van der Waals surface area contributed by atoms with Crippen molar-refractivity contribution in [2.45, 2.75) is 37.4 Å². The Labute approximate surface area is 249 Å². The van der Waals surface area contributed by atoms with Gasteiger partial charge >= 0.3 is 12.5 Å². The standard InChI is InChI=1S/C28H31ClF6N4O4/c1-37(2)24(40)20-7-8-22(36-23(20)29)39-11-9-16(10-12-39)21-13-17(21)15-38(3)25(41)26(42,27(30,31)32)18-5-4-6-19(14-18)43-28(33,34)35/h4-8,14,16-17,21,42H,9-13,15H2,1-3H3/t17-,21+,26+/m0/s1. The maximum Gasteiger partial charge on any atom is 0.573 e. The Morgan fingerprint density at radius 2 is 1.72 bits per heavy atom. The van der Waals surface area contributed by atoms with Crippen LogP contribution in [0.2, 0.25) is 5.15 Å². The molecule has 236 valence electrons. The summed E-state index contributed by atoms with van der Waals surface area (Å²) in [7, 11) is 4.36. The molecule has 2 aliphatic rings. The van der Waals surface area contributed by atoms with Gasteiger partial charge in [0.1, 0.15) is 16.7 Å². The molecule has 0 radical (unpaired) electrons. The molecule has 0 unspecified atom stereocenters. The Kier molecular flexibility index (Phi) is 9.13. The summed E-state index contributed by atoms with van der Waals surface area (Å²) in [6, 6.07) is 6.06. The molecule has 1 aliphatic carbocycles. The number of alkyl halides is 6. The van der Waals surface area contributed by atoms with Gasteiger partial charge in [-0.3, -0.25) is 9.59 Å². The number of hydrogen-bond donors (Lipinski definition) is 1. The first-order chi connectivity index (χ1) is 19.9. The van der Waals surface area contributed by atoms with E-state index in [0.29, 0.717) is 37.0 Å². The van der Waals surface area contributed by atoms with Gasteiger partial charge in [0.25, 0.3) is 17.4 Å². The predicted molar refractivity (Wildman–Crippen MR) is 145 cm³/mol. The molecule has 0 bridgehead atoms. The second-order valence-electron chi connectivity index (χ2n) is 11.2. The van der Waals surface area contributed by atoms with Crippen molar-refractivity contribution in [3.63, 3.8) is 0 Å². The van der Waals surface area contributed by atoms with E-state index < -0.39 is 35.4 Å². The first kappa shape index (κ1) is 32.6. The quantitative estimate of drug-likeness (QED) is 0.321. The average molecular weight is 637 g/mol. The summed E-state index contributed by atoms with van der Waals surface area (Å²) in [5.74, 6) is -1.98. The largest absolute Gasteiger partial charge is 0.573 e. The Hall–Kier alpha value is -3.26. The lowest BCUT2D eigenvalue weighted by Crippen LogP contribution is -2.55. The summed E-state index contributed by atoms with van der Waals surface area (Å²) in [6.45, 7) is 1.24. The number of carbonyl (C=O) groups excluding carboxylic acids is 2. The van der Waals surface area contributed by atoms with Crippen LogP contribution in [0, 0.1) is 17.8 Å². The molecule has 1 aromatic heterocycles. The van der Waals surface area contributed by atoms with Crippen molar-refractivity contribution in [1.82, 2.24) is 14.8 Å². The number of piperidine rings is 1. The zero-order valence-electron chi connectivity index (χ0n) is 23.5. The van der Waals surface area contributed by atoms with Crippen molar-refractivity contribution in [3.8, 4) is 5.75 Å². The molecular weight excluding hydrogens is 606 g/mol. The molecule has 1 aliphatic heterocycles. The van der Waals surface area contributed by atoms with Gasteiger partial charge in [0.15, 0.2) is 0 Å². The number of pyridine rings is 1. The first-order valence-electron chi connectivity index (χ1n) is 13.5. The van der Waals surface area contributed by atoms with Gasteiger partial charge < -0.3 is 24.5 Å². The van der Waals surface area contributed by atoms with Crippen LogP contribution < -0.4 is 9.64 Å². The molecule has 1 saturated heterocycles. The van der Waals surface area contributed by atoms with Gasteiger partial charge in [-0.15, -0.1) is 13.2 Å². The molecule has 8 nitrogen and oxygen atoms in total. The molecule has 2 heterocycles. The molecule has 0 spiro atoms. The zero-order valence-corrected chi connectivity index (χ0v) is 24.3. The van der Waals surface area contributed by atoms with Crippen LogP contribution in [0.5, 0.6) is 5.75 Å². The van der Waals surface area contributed by atoms with Crippen molar-refractivity contribution in [2.24, 2.45) is 17.8 Å². The van der Waals surface area contributed by atoms with Crippen LogP contribution in [0.1, 0.15) is 35.2 Å². The van der Waals surface area contributed by atoms with Crippen LogP contribution in [0.25, 0.3) is 0 Å². The molecule has 1 N–H and O–H groups in total. The normalized spacial score (nSPS) is 20.8. The number of nitrogens with zero attached hydrogens (tertiary/aromatic N) is 4. The summed E-state index contributed by atoms with van der Waals surface area (Å²) in [4.78, 5) is 33.8. The summed E-state index contributed by atoms with van der Waals surface area (Å²) >= 11 is 6.25. The Morgan fingerprint density at radius 1 is 1.07 bits per heavy atom. The minimum absolute atomic E-state index is 0.0562. The van der Waals surface area contributed by atoms with Crippen LogP contribution in [0.3, 0.4) is 0 Å². The molecule has 2 fully saturated rings. The number of ether oxygens (including phenoxy) is 1. The first-order valence-corrected chi connectivity index (χ1v) is 13.8. The number of benzene rings is 1. The summed E-state index contributed by atoms with van der Waals surface area (Å²) in [5, 5.41) is 10.8. The third-order valence-electron chi connectivity index (χ3n) is 7.98. The average Bonchev–Trinajstić information content (AvgIpc) is 3.69. The Balaban J connectivity index is 1.37. The van der Waals surface area contributed by atoms with Gasteiger partial charge in [0, 0.05) is 46.3 Å². The van der Waals surface area contributed by atoms with Gasteiger partial charge in [0.05, 0.1) is 5.56 Å². The van der Waals surface area contributed by atoms with Crippen LogP contribution in [0.15, 0.2) is 36.4 Å². The second kappa shape index (κ2) is 12.0. The Bertz CT molecular complexity index is 1350. The molecule has 43 heavy (non-hydrogen) atoms. The van der Waals surface area contributed by atoms with Crippen molar-refractivity contribution in [3.05, 3.63) is 52.7 Å². The van der Waals surface area contributed by atoms with Crippen LogP contribution in [-0.4, -0.2) is 85.0 Å². The van der Waals surface area contributed by atoms with Crippen molar-refractivity contribution in [1.29, 1.82) is 0 Å². The topological polar surface area (TPSA) is 86.2 Å². The molecule has 1 saturated carbocycles. The fourth-order valence-corrected chi connectivity index (χ4v) is 5.88. The van der Waals surface area contributed by atoms with E-state index in [4.69, 9.17) is 11.6 Å². The summed E-state index contributed by atoms with van der Waals surface area (Å²) in [5.41, 5.74) is -4.85. The highest BCUT2D eigenvalue weighted by atomic mass is 35.5. The van der Waals surface area contributed by atoms with Crippen LogP contribution in [0.4, 0.5) is 32.2 Å². The smallest absolute Gasteiger partial charge is 0.406 e. The molecular formula is C28H31ClF6N4O4. The van der Waals surface area contributed by atoms with E-state index in [0.717, 1.165) is 43.0 Å². The fraction of sp³-hybridized carbons (Fsp3) is 0.536. The van der Waals surface area contributed by atoms with E-state index in [1.807, 2.05) is 4.90 Å². The maximum absolute atomic E-state index is 14.1. The lowest BCUT2D eigenvalue weighted by molar-refractivity contribution is -0.274. The molecule has 4 rings (SSSR count). The molecule has 1 aromatic carbocycles. The highest BCUT2D eigenvalue weighted by Crippen LogP contribution is 2.49. The summed E-state index contributed by atoms with van der Waals surface area (Å²) in [6.07, 6.45) is -8.45. The van der Waals surface area contributed by atoms with Gasteiger partial charge in [-0.25, -0.2) is 4.98 Å². The van der Waals surface area contributed by atoms with Crippen molar-refractivity contribution >= 4 is 29.2 Å². The second-order valence-corrected chi connectivity index (χ2v) is 11.5. The number of aliphatic hydroxyl groups is 1. The number of amides is 2. The minimum atomic E-state index is -5.51. The van der Waals surface area contributed by atoms with Gasteiger partial charge in [-0.1, -0.05) is 23.7 Å². The third kappa shape index (κ3) is 7.11. The van der Waals surface area contributed by atoms with Crippen molar-refractivity contribution < 1.29 is 45.8 Å². The molecule has 3 atom stereocenters. The number of hydrogen-bond acceptors (Lipinski definition) is 6. The highest BCUT2D eigenvalue weighted by molar-refractivity contribution is 6.32. The molecule has 2 aromatic rings. The fourth-order valence-electron chi connectivity index (χ4n) is 5.65. The van der Waals surface area contributed by atoms with E-state index in [-0.39, 0.29) is 35.4 Å². The van der Waals surface area contributed by atoms with E-state index in [1.54, 1.807) is 26.2 Å². The van der Waals surface area contributed by atoms with Gasteiger partial charge in [-0.05, 0) is 61.3 Å². The highest BCUT2D eigenvalue weighted by Gasteiger charge is 2.62. The number of aromatic nitrogens is 1. The molecule has 15 heteroatoms. The monoisotopic (exact) mass is 636 g/mol. The predicted octanol–water partition coefficient (Wildman–Crippen LogP) is 5.10. The molecule has 2 amide bonds. The number of halogens is 7. The van der Waals surface area contributed by atoms with Crippen LogP contribution in [-0.2, 0) is 10.4 Å². The van der Waals surface area contributed by atoms with Gasteiger partial charge in [0.2, 0.25) is 0 Å². The van der Waals surface area contributed by atoms with Crippen molar-refractivity contribution in [2.75, 3.05) is 45.7 Å². The number of anilines is 1. The number of carbonyl (C=O) groups is 2. The zero-order chi connectivity index (χ0) is 31.9. The van der Waals surface area contributed by atoms with E-state index in [2.05, 4.69) is 9.72 Å². The van der Waals surface area contributed by atoms with E-state index >= 15 is 0 Å². The van der Waals surface area contributed by atoms with E-state index in [9.17, 15) is 41.0 Å². The van der Waals surface area contributed by atoms with E-state index in [1.165, 1.54) is 4.90 Å². The lowest BCUT2D eigenvalue weighted by Gasteiger charge is -2.34. The van der Waals surface area contributed by atoms with Gasteiger partial charge in [-0.2, -0.15) is 13.2 Å². The maximum atomic E-state index is 14.1. The van der Waals surface area contributed by atoms with Crippen LogP contribution >= 0.6 is 11.6 Å². The number of rotatable bonds is 8. The Morgan fingerprint density at radius 3 is 2.28 bits per heavy atom. The number of likely N-dealkylation sites (N-methyl/N-ethyl adjacent to an activating group) is 1. The summed E-state index contributed by atoms with van der Waals surface area (Å²) < 4.78 is 83.8. The lowest BCUT2D eigenvalue weighted by atomic mass is 9.90.